The molecule has 226 valence electrons. The predicted molar refractivity (Wildman–Crippen MR) is 192 cm³/mol. The molecule has 0 amide bonds. The molecule has 0 aliphatic rings. The zero-order valence-electron chi connectivity index (χ0n) is 26.4. The minimum atomic E-state index is -2.41. The van der Waals surface area contributed by atoms with Crippen LogP contribution in [-0.4, -0.2) is 5.11 Å². The van der Waals surface area contributed by atoms with E-state index in [-0.39, 0.29) is 17.0 Å². The minimum Gasteiger partial charge on any atom is -1.00 e. The Morgan fingerprint density at radius 1 is 0.400 bits per heavy atom. The fraction of sp³-hybridized carbons (Fsp3) is 0.143. The fourth-order valence-electron chi connectivity index (χ4n) is 6.56. The minimum absolute atomic E-state index is 0. The summed E-state index contributed by atoms with van der Waals surface area (Å²) >= 11 is 0. The van der Waals surface area contributed by atoms with E-state index in [9.17, 15) is 5.11 Å². The number of aromatic hydroxyl groups is 1. The Balaban J connectivity index is 0.00000400. The van der Waals surface area contributed by atoms with Crippen molar-refractivity contribution in [3.63, 3.8) is 0 Å². The van der Waals surface area contributed by atoms with Crippen molar-refractivity contribution in [2.75, 3.05) is 0 Å². The summed E-state index contributed by atoms with van der Waals surface area (Å²) in [7, 11) is -2.41. The van der Waals surface area contributed by atoms with Crippen LogP contribution in [0.5, 0.6) is 5.75 Å². The van der Waals surface area contributed by atoms with E-state index in [1.807, 2.05) is 0 Å². The average Bonchev–Trinajstić information content (AvgIpc) is 3.07. The predicted octanol–water partition coefficient (Wildman–Crippen LogP) is 6.60. The zero-order valence-corrected chi connectivity index (χ0v) is 28.8. The fourth-order valence-corrected chi connectivity index (χ4v) is 10.9. The first kappa shape index (κ1) is 32.4. The Morgan fingerprint density at radius 2 is 0.711 bits per heavy atom. The second kappa shape index (κ2) is 14.0. The van der Waals surface area contributed by atoms with Crippen molar-refractivity contribution in [3.8, 4) is 28.0 Å². The highest BCUT2D eigenvalue weighted by Gasteiger charge is 2.48. The molecule has 0 aliphatic heterocycles. The largest absolute Gasteiger partial charge is 1.00 e. The number of phenols is 1. The molecule has 0 bridgehead atoms. The standard InChI is InChI=1S/C42H39OP.BrH/c1-30(2)36-24-14-16-26-38(36)40-28-35(29-41(42(40)43)39-27-17-15-25-37(39)31(3)4)44(32-18-8-5-9-19-32,33-20-10-6-11-21-33)34-22-12-7-13-23-34;/h5-31H,1-4H3;1H. The van der Waals surface area contributed by atoms with Crippen LogP contribution >= 0.6 is 7.26 Å². The summed E-state index contributed by atoms with van der Waals surface area (Å²) in [5.41, 5.74) is 6.38. The Labute approximate surface area is 279 Å². The van der Waals surface area contributed by atoms with Crippen LogP contribution in [0.1, 0.15) is 50.7 Å². The van der Waals surface area contributed by atoms with Crippen molar-refractivity contribution < 1.29 is 22.1 Å². The van der Waals surface area contributed by atoms with E-state index in [0.717, 1.165) is 22.3 Å². The van der Waals surface area contributed by atoms with Gasteiger partial charge in [-0.1, -0.05) is 131 Å². The van der Waals surface area contributed by atoms with Gasteiger partial charge in [0.1, 0.15) is 34.2 Å². The van der Waals surface area contributed by atoms with Gasteiger partial charge < -0.3 is 22.1 Å². The number of hydrogen-bond acceptors (Lipinski definition) is 1. The molecule has 0 saturated heterocycles. The van der Waals surface area contributed by atoms with Gasteiger partial charge in [0, 0.05) is 11.1 Å². The molecule has 45 heavy (non-hydrogen) atoms. The molecule has 1 N–H and O–H groups in total. The number of rotatable bonds is 8. The normalized spacial score (nSPS) is 11.4. The molecule has 0 fully saturated rings. The lowest BCUT2D eigenvalue weighted by atomic mass is 9.88. The van der Waals surface area contributed by atoms with Gasteiger partial charge in [-0.05, 0) is 82.6 Å². The van der Waals surface area contributed by atoms with Crippen LogP contribution in [0.4, 0.5) is 0 Å². The lowest BCUT2D eigenvalue weighted by Gasteiger charge is -2.29. The number of hydrogen-bond donors (Lipinski definition) is 1. The topological polar surface area (TPSA) is 20.2 Å². The first-order chi connectivity index (χ1) is 21.4. The molecule has 0 saturated carbocycles. The van der Waals surface area contributed by atoms with Crippen LogP contribution in [0.15, 0.2) is 152 Å². The van der Waals surface area contributed by atoms with Gasteiger partial charge in [-0.15, -0.1) is 0 Å². The van der Waals surface area contributed by atoms with Crippen molar-refractivity contribution >= 4 is 28.5 Å². The van der Waals surface area contributed by atoms with Crippen LogP contribution in [0, 0.1) is 0 Å². The zero-order chi connectivity index (χ0) is 30.7. The summed E-state index contributed by atoms with van der Waals surface area (Å²) in [6.07, 6.45) is 0. The van der Waals surface area contributed by atoms with Crippen LogP contribution in [0.3, 0.4) is 0 Å². The third-order valence-corrected chi connectivity index (χ3v) is 12.9. The third-order valence-electron chi connectivity index (χ3n) is 8.66. The van der Waals surface area contributed by atoms with Crippen molar-refractivity contribution in [1.82, 2.24) is 0 Å². The molecular weight excluding hydrogens is 631 g/mol. The van der Waals surface area contributed by atoms with Crippen molar-refractivity contribution in [1.29, 1.82) is 0 Å². The van der Waals surface area contributed by atoms with Gasteiger partial charge in [0.15, 0.2) is 0 Å². The first-order valence-corrected chi connectivity index (χ1v) is 17.3. The highest BCUT2D eigenvalue weighted by atomic mass is 79.9. The van der Waals surface area contributed by atoms with Crippen LogP contribution in [0.25, 0.3) is 22.3 Å². The van der Waals surface area contributed by atoms with E-state index < -0.39 is 7.26 Å². The molecule has 6 aromatic carbocycles. The lowest BCUT2D eigenvalue weighted by Crippen LogP contribution is -3.00. The molecule has 0 radical (unpaired) electrons. The number of halogens is 1. The van der Waals surface area contributed by atoms with Crippen LogP contribution in [0.2, 0.25) is 0 Å². The molecule has 0 atom stereocenters. The maximum absolute atomic E-state index is 12.3. The van der Waals surface area contributed by atoms with Gasteiger partial charge in [-0.3, -0.25) is 0 Å². The van der Waals surface area contributed by atoms with Crippen LogP contribution < -0.4 is 38.2 Å². The van der Waals surface area contributed by atoms with Gasteiger partial charge in [-0.2, -0.15) is 0 Å². The molecule has 0 aliphatic carbocycles. The Bertz CT molecular complexity index is 1700. The smallest absolute Gasteiger partial charge is 0.144 e. The SMILES string of the molecule is CC(C)c1ccccc1-c1cc([P+](c2ccccc2)(c2ccccc2)c2ccccc2)cc(-c2ccccc2C(C)C)c1O.[Br-]. The maximum Gasteiger partial charge on any atom is 0.144 e. The van der Waals surface area contributed by atoms with E-state index in [2.05, 4.69) is 179 Å². The van der Waals surface area contributed by atoms with Crippen molar-refractivity contribution in [3.05, 3.63) is 163 Å². The second-order valence-corrected chi connectivity index (χ2v) is 15.5. The van der Waals surface area contributed by atoms with Gasteiger partial charge >= 0.3 is 0 Å². The Morgan fingerprint density at radius 3 is 1.04 bits per heavy atom. The molecule has 1 nitrogen and oxygen atoms in total. The first-order valence-electron chi connectivity index (χ1n) is 15.5. The van der Waals surface area contributed by atoms with Crippen LogP contribution in [-0.2, 0) is 0 Å². The molecule has 0 unspecified atom stereocenters. The summed E-state index contributed by atoms with van der Waals surface area (Å²) in [6.45, 7) is 8.90. The van der Waals surface area contributed by atoms with E-state index >= 15 is 0 Å². The molecule has 0 spiro atoms. The van der Waals surface area contributed by atoms with Crippen molar-refractivity contribution in [2.45, 2.75) is 39.5 Å². The summed E-state index contributed by atoms with van der Waals surface area (Å²) in [5, 5.41) is 17.4. The average molecular weight is 672 g/mol. The lowest BCUT2D eigenvalue weighted by molar-refractivity contribution is -0.00000965. The summed E-state index contributed by atoms with van der Waals surface area (Å²) in [5.74, 6) is 0.942. The van der Waals surface area contributed by atoms with Gasteiger partial charge in [0.2, 0.25) is 0 Å². The molecular formula is C42H40BrOP. The number of phenolic OH excluding ortho intramolecular Hbond substituents is 1. The highest BCUT2D eigenvalue weighted by Crippen LogP contribution is 2.56. The van der Waals surface area contributed by atoms with E-state index in [0.29, 0.717) is 17.6 Å². The molecule has 0 heterocycles. The maximum atomic E-state index is 12.3. The quantitative estimate of drug-likeness (QED) is 0.181. The highest BCUT2D eigenvalue weighted by molar-refractivity contribution is 8.01. The summed E-state index contributed by atoms with van der Waals surface area (Å²) in [4.78, 5) is 0. The van der Waals surface area contributed by atoms with E-state index in [1.54, 1.807) is 0 Å². The van der Waals surface area contributed by atoms with Gasteiger partial charge in [0.05, 0.1) is 0 Å². The third kappa shape index (κ3) is 6.02. The molecule has 6 aromatic rings. The van der Waals surface area contributed by atoms with Gasteiger partial charge in [0.25, 0.3) is 0 Å². The summed E-state index contributed by atoms with van der Waals surface area (Å²) < 4.78 is 0. The molecule has 3 heteroatoms. The monoisotopic (exact) mass is 670 g/mol. The van der Waals surface area contributed by atoms with E-state index in [1.165, 1.54) is 32.3 Å². The Kier molecular flexibility index (Phi) is 10.1. The molecule has 0 aromatic heterocycles. The molecule has 6 rings (SSSR count). The summed E-state index contributed by atoms with van der Waals surface area (Å²) in [6, 6.07) is 54.6. The second-order valence-electron chi connectivity index (χ2n) is 12.1. The van der Waals surface area contributed by atoms with Crippen molar-refractivity contribution in [2.24, 2.45) is 0 Å². The Hall–Kier alpha value is -3.97. The van der Waals surface area contributed by atoms with E-state index in [4.69, 9.17) is 0 Å². The van der Waals surface area contributed by atoms with Gasteiger partial charge in [-0.25, -0.2) is 0 Å². The number of benzene rings is 6.